The fourth-order valence-electron chi connectivity index (χ4n) is 1.01. The monoisotopic (exact) mass is 198 g/mol. The van der Waals surface area contributed by atoms with Crippen LogP contribution in [0.1, 0.15) is 18.2 Å². The van der Waals surface area contributed by atoms with Crippen molar-refractivity contribution >= 4 is 22.9 Å². The van der Waals surface area contributed by atoms with Crippen LogP contribution in [0.2, 0.25) is 0 Å². The lowest BCUT2D eigenvalue weighted by Crippen LogP contribution is -1.93. The molecule has 0 fully saturated rings. The summed E-state index contributed by atoms with van der Waals surface area (Å²) in [5.74, 6) is 0. The van der Waals surface area contributed by atoms with Crippen LogP contribution < -0.4 is 0 Å². The van der Waals surface area contributed by atoms with Gasteiger partial charge in [-0.05, 0) is 37.6 Å². The maximum Gasteiger partial charge on any atom is 0.245 e. The third-order valence-corrected chi connectivity index (χ3v) is 1.83. The lowest BCUT2D eigenvalue weighted by atomic mass is 10.2. The second-order valence-corrected chi connectivity index (χ2v) is 3.04. The van der Waals surface area contributed by atoms with Gasteiger partial charge < -0.3 is 0 Å². The highest BCUT2D eigenvalue weighted by Gasteiger charge is 1.99. The Hall–Kier alpha value is -1.09. The van der Waals surface area contributed by atoms with Gasteiger partial charge in [-0.3, -0.25) is 9.48 Å². The Labute approximate surface area is 82.0 Å². The van der Waals surface area contributed by atoms with Crippen LogP contribution in [0.5, 0.6) is 0 Å². The van der Waals surface area contributed by atoms with E-state index in [0.29, 0.717) is 0 Å². The molecule has 0 aliphatic carbocycles. The number of nitrogens with zero attached hydrogens (tertiary/aromatic N) is 2. The molecule has 0 saturated heterocycles. The molecule has 0 amide bonds. The maximum absolute atomic E-state index is 10.5. The molecule has 0 saturated carbocycles. The predicted molar refractivity (Wildman–Crippen MR) is 52.5 cm³/mol. The van der Waals surface area contributed by atoms with Crippen molar-refractivity contribution in [1.29, 1.82) is 0 Å². The molecule has 1 rings (SSSR count). The Bertz CT molecular complexity index is 341. The van der Waals surface area contributed by atoms with E-state index < -0.39 is 5.24 Å². The molecule has 0 aliphatic rings. The molecule has 0 spiro atoms. The molecule has 0 atom stereocenters. The van der Waals surface area contributed by atoms with Gasteiger partial charge in [0.2, 0.25) is 5.24 Å². The van der Waals surface area contributed by atoms with Crippen LogP contribution in [-0.4, -0.2) is 15.0 Å². The van der Waals surface area contributed by atoms with Crippen molar-refractivity contribution in [1.82, 2.24) is 9.78 Å². The molecule has 1 aromatic heterocycles. The number of carbonyl (C=O) groups excluding carboxylic acids is 1. The lowest BCUT2D eigenvalue weighted by Gasteiger charge is -1.89. The van der Waals surface area contributed by atoms with Crippen LogP contribution in [0.4, 0.5) is 0 Å². The summed E-state index contributed by atoms with van der Waals surface area (Å²) in [6.07, 6.45) is 4.88. The molecule has 0 radical (unpaired) electrons. The fraction of sp³-hybridized carbons (Fsp3) is 0.333. The number of halogens is 1. The minimum absolute atomic E-state index is 0.469. The Morgan fingerprint density at radius 3 is 2.92 bits per heavy atom. The molecular weight excluding hydrogens is 188 g/mol. The van der Waals surface area contributed by atoms with E-state index in [1.165, 1.54) is 6.08 Å². The summed E-state index contributed by atoms with van der Waals surface area (Å²) in [6.45, 7) is 4.72. The third-order valence-electron chi connectivity index (χ3n) is 1.70. The summed E-state index contributed by atoms with van der Waals surface area (Å²) in [5.41, 5.74) is 1.83. The molecule has 13 heavy (non-hydrogen) atoms. The van der Waals surface area contributed by atoms with Crippen molar-refractivity contribution in [3.63, 3.8) is 0 Å². The number of aryl methyl sites for hydroxylation is 2. The van der Waals surface area contributed by atoms with Gasteiger partial charge in [-0.2, -0.15) is 5.10 Å². The zero-order valence-corrected chi connectivity index (χ0v) is 8.38. The highest BCUT2D eigenvalue weighted by Crippen LogP contribution is 2.07. The normalized spacial score (nSPS) is 11.0. The third kappa shape index (κ3) is 2.70. The van der Waals surface area contributed by atoms with Crippen molar-refractivity contribution in [3.05, 3.63) is 23.5 Å². The molecule has 3 nitrogen and oxygen atoms in total. The average Bonchev–Trinajstić information content (AvgIpc) is 2.43. The highest BCUT2D eigenvalue weighted by molar-refractivity contribution is 6.66. The Morgan fingerprint density at radius 1 is 1.77 bits per heavy atom. The van der Waals surface area contributed by atoms with E-state index in [0.717, 1.165) is 17.8 Å². The van der Waals surface area contributed by atoms with Gasteiger partial charge >= 0.3 is 0 Å². The molecule has 0 aliphatic heterocycles. The Kier molecular flexibility index (Phi) is 3.25. The zero-order valence-electron chi connectivity index (χ0n) is 7.62. The van der Waals surface area contributed by atoms with E-state index in [4.69, 9.17) is 11.6 Å². The smallest absolute Gasteiger partial charge is 0.245 e. The first kappa shape index (κ1) is 9.99. The molecule has 0 unspecified atom stereocenters. The van der Waals surface area contributed by atoms with Crippen LogP contribution in [0, 0.1) is 6.92 Å². The number of rotatable bonds is 3. The van der Waals surface area contributed by atoms with E-state index in [-0.39, 0.29) is 0 Å². The average molecular weight is 199 g/mol. The Morgan fingerprint density at radius 2 is 2.46 bits per heavy atom. The van der Waals surface area contributed by atoms with Gasteiger partial charge in [0.25, 0.3) is 0 Å². The molecule has 0 bridgehead atoms. The number of aromatic nitrogens is 2. The van der Waals surface area contributed by atoms with E-state index in [9.17, 15) is 4.79 Å². The zero-order chi connectivity index (χ0) is 9.84. The topological polar surface area (TPSA) is 34.9 Å². The van der Waals surface area contributed by atoms with Gasteiger partial charge in [0.05, 0.1) is 5.69 Å². The number of hydrogen-bond donors (Lipinski definition) is 0. The highest BCUT2D eigenvalue weighted by atomic mass is 35.5. The van der Waals surface area contributed by atoms with Crippen molar-refractivity contribution in [3.8, 4) is 0 Å². The van der Waals surface area contributed by atoms with Gasteiger partial charge in [-0.25, -0.2) is 0 Å². The minimum Gasteiger partial charge on any atom is -0.276 e. The van der Waals surface area contributed by atoms with E-state index in [1.807, 2.05) is 24.7 Å². The fourth-order valence-corrected chi connectivity index (χ4v) is 1.08. The van der Waals surface area contributed by atoms with Crippen molar-refractivity contribution in [2.45, 2.75) is 20.4 Å². The summed E-state index contributed by atoms with van der Waals surface area (Å²) in [6, 6.07) is 0. The number of carbonyl (C=O) groups is 1. The van der Waals surface area contributed by atoms with Crippen molar-refractivity contribution < 1.29 is 4.79 Å². The van der Waals surface area contributed by atoms with E-state index >= 15 is 0 Å². The first-order chi connectivity index (χ1) is 6.13. The number of hydrogen-bond acceptors (Lipinski definition) is 2. The summed E-state index contributed by atoms with van der Waals surface area (Å²) in [7, 11) is 0. The first-order valence-corrected chi connectivity index (χ1v) is 4.43. The standard InChI is InChI=1S/C9H11ClN2O/c1-3-12-6-8(7(2)11-12)4-5-9(10)13/h4-6H,3H2,1-2H3. The van der Waals surface area contributed by atoms with Crippen molar-refractivity contribution in [2.24, 2.45) is 0 Å². The quantitative estimate of drug-likeness (QED) is 0.550. The van der Waals surface area contributed by atoms with Gasteiger partial charge in [0, 0.05) is 18.3 Å². The largest absolute Gasteiger partial charge is 0.276 e. The summed E-state index contributed by atoms with van der Waals surface area (Å²) < 4.78 is 1.81. The summed E-state index contributed by atoms with van der Waals surface area (Å²) >= 11 is 5.17. The lowest BCUT2D eigenvalue weighted by molar-refractivity contribution is -0.107. The molecule has 70 valence electrons. The van der Waals surface area contributed by atoms with E-state index in [1.54, 1.807) is 6.08 Å². The number of allylic oxidation sites excluding steroid dienone is 1. The molecule has 0 N–H and O–H groups in total. The van der Waals surface area contributed by atoms with Crippen LogP contribution in [0.3, 0.4) is 0 Å². The Balaban J connectivity index is 2.88. The summed E-state index contributed by atoms with van der Waals surface area (Å²) in [4.78, 5) is 10.5. The van der Waals surface area contributed by atoms with Crippen LogP contribution in [0.15, 0.2) is 12.3 Å². The minimum atomic E-state index is -0.469. The predicted octanol–water partition coefficient (Wildman–Crippen LogP) is 1.99. The molecule has 4 heteroatoms. The van der Waals surface area contributed by atoms with Gasteiger partial charge in [0.15, 0.2) is 0 Å². The second kappa shape index (κ2) is 4.23. The molecule has 1 heterocycles. The SMILES string of the molecule is CCn1cc(C=CC(=O)Cl)c(C)n1. The molecule has 1 aromatic rings. The van der Waals surface area contributed by atoms with Crippen LogP contribution >= 0.6 is 11.6 Å². The van der Waals surface area contributed by atoms with Gasteiger partial charge in [0.1, 0.15) is 0 Å². The van der Waals surface area contributed by atoms with Crippen molar-refractivity contribution in [2.75, 3.05) is 0 Å². The van der Waals surface area contributed by atoms with E-state index in [2.05, 4.69) is 5.10 Å². The van der Waals surface area contributed by atoms with Gasteiger partial charge in [-0.15, -0.1) is 0 Å². The van der Waals surface area contributed by atoms with Gasteiger partial charge in [-0.1, -0.05) is 0 Å². The first-order valence-electron chi connectivity index (χ1n) is 4.05. The molecule has 0 aromatic carbocycles. The van der Waals surface area contributed by atoms with Crippen LogP contribution in [-0.2, 0) is 11.3 Å². The second-order valence-electron chi connectivity index (χ2n) is 2.66. The van der Waals surface area contributed by atoms with Crippen LogP contribution in [0.25, 0.3) is 6.08 Å². The summed E-state index contributed by atoms with van der Waals surface area (Å²) in [5, 5.41) is 3.75. The maximum atomic E-state index is 10.5. The molecular formula is C9H11ClN2O.